The Morgan fingerprint density at radius 2 is 2.14 bits per heavy atom. The second kappa shape index (κ2) is 6.60. The highest BCUT2D eigenvalue weighted by Gasteiger charge is 2.32. The molecule has 0 unspecified atom stereocenters. The van der Waals surface area contributed by atoms with E-state index in [1.54, 1.807) is 0 Å². The average molecular weight is 332 g/mol. The monoisotopic (exact) mass is 332 g/mol. The molecular formula is C14H18F2N2O3S. The zero-order valence-electron chi connectivity index (χ0n) is 12.2. The minimum atomic E-state index is -3.16. The van der Waals surface area contributed by atoms with Crippen LogP contribution >= 0.6 is 0 Å². The van der Waals surface area contributed by atoms with Crippen LogP contribution < -0.4 is 5.32 Å². The Morgan fingerprint density at radius 1 is 1.41 bits per heavy atom. The first-order chi connectivity index (χ1) is 10.3. The molecule has 122 valence electrons. The summed E-state index contributed by atoms with van der Waals surface area (Å²) in [7, 11) is -3.16. The Morgan fingerprint density at radius 3 is 2.77 bits per heavy atom. The van der Waals surface area contributed by atoms with Crippen molar-refractivity contribution in [2.45, 2.75) is 18.1 Å². The van der Waals surface area contributed by atoms with Crippen molar-refractivity contribution >= 4 is 15.9 Å². The lowest BCUT2D eigenvalue weighted by atomic mass is 10.1. The van der Waals surface area contributed by atoms with Gasteiger partial charge < -0.3 is 10.2 Å². The molecule has 1 atom stereocenters. The largest absolute Gasteiger partial charge is 0.338 e. The molecule has 1 aliphatic rings. The lowest BCUT2D eigenvalue weighted by Crippen LogP contribution is -2.40. The van der Waals surface area contributed by atoms with Gasteiger partial charge in [-0.2, -0.15) is 0 Å². The maximum absolute atomic E-state index is 13.4. The molecule has 22 heavy (non-hydrogen) atoms. The number of sulfone groups is 1. The lowest BCUT2D eigenvalue weighted by molar-refractivity contribution is 0.209. The van der Waals surface area contributed by atoms with Gasteiger partial charge >= 0.3 is 6.03 Å². The van der Waals surface area contributed by atoms with Gasteiger partial charge in [0, 0.05) is 25.9 Å². The molecule has 1 aromatic rings. The molecule has 0 aliphatic carbocycles. The smallest absolute Gasteiger partial charge is 0.317 e. The first-order valence-corrected chi connectivity index (χ1v) is 8.88. The van der Waals surface area contributed by atoms with E-state index in [0.717, 1.165) is 24.5 Å². The van der Waals surface area contributed by atoms with Crippen LogP contribution in [0.25, 0.3) is 0 Å². The van der Waals surface area contributed by atoms with Crippen LogP contribution in [0.4, 0.5) is 13.6 Å². The van der Waals surface area contributed by atoms with Crippen molar-refractivity contribution in [3.63, 3.8) is 0 Å². The normalized spacial score (nSPS) is 18.5. The van der Waals surface area contributed by atoms with Crippen LogP contribution in [0, 0.1) is 11.6 Å². The highest BCUT2D eigenvalue weighted by atomic mass is 32.2. The van der Waals surface area contributed by atoms with Gasteiger partial charge in [0.25, 0.3) is 0 Å². The average Bonchev–Trinajstić information content (AvgIpc) is 2.92. The van der Waals surface area contributed by atoms with E-state index in [4.69, 9.17) is 0 Å². The van der Waals surface area contributed by atoms with Crippen molar-refractivity contribution in [3.05, 3.63) is 35.4 Å². The number of carbonyl (C=O) groups is 1. The minimum Gasteiger partial charge on any atom is -0.338 e. The van der Waals surface area contributed by atoms with Crippen LogP contribution in [0.15, 0.2) is 18.2 Å². The summed E-state index contributed by atoms with van der Waals surface area (Å²) in [5.74, 6) is -1.05. The van der Waals surface area contributed by atoms with Crippen LogP contribution in [0.3, 0.4) is 0 Å². The number of benzene rings is 1. The van der Waals surface area contributed by atoms with Crippen LogP contribution in [-0.4, -0.2) is 50.5 Å². The number of nitrogens with zero attached hydrogens (tertiary/aromatic N) is 1. The van der Waals surface area contributed by atoms with Crippen LogP contribution in [-0.2, 0) is 16.3 Å². The van der Waals surface area contributed by atoms with E-state index >= 15 is 0 Å². The second-order valence-corrected chi connectivity index (χ2v) is 7.73. The van der Waals surface area contributed by atoms with Gasteiger partial charge in [0.1, 0.15) is 11.6 Å². The Hall–Kier alpha value is -1.70. The summed E-state index contributed by atoms with van der Waals surface area (Å²) in [5, 5.41) is 2.07. The van der Waals surface area contributed by atoms with Gasteiger partial charge in [0.15, 0.2) is 9.84 Å². The molecule has 2 rings (SSSR count). The molecule has 2 amide bonds. The van der Waals surface area contributed by atoms with Gasteiger partial charge in [-0.1, -0.05) is 0 Å². The first-order valence-electron chi connectivity index (χ1n) is 6.93. The molecule has 0 radical (unpaired) electrons. The molecule has 0 saturated carbocycles. The molecule has 0 aromatic heterocycles. The molecule has 1 heterocycles. The van der Waals surface area contributed by atoms with E-state index in [9.17, 15) is 22.0 Å². The van der Waals surface area contributed by atoms with Gasteiger partial charge in [-0.25, -0.2) is 22.0 Å². The number of carbonyl (C=O) groups excluding carboxylic acids is 1. The minimum absolute atomic E-state index is 0.152. The fraction of sp³-hybridized carbons (Fsp3) is 0.500. The molecule has 1 N–H and O–H groups in total. The number of nitrogens with one attached hydrogen (secondary N) is 1. The van der Waals surface area contributed by atoms with E-state index in [-0.39, 0.29) is 31.1 Å². The zero-order chi connectivity index (χ0) is 16.3. The molecule has 1 fully saturated rings. The number of hydrogen-bond acceptors (Lipinski definition) is 3. The summed E-state index contributed by atoms with van der Waals surface area (Å²) in [6.07, 6.45) is 1.75. The quantitative estimate of drug-likeness (QED) is 0.905. The Balaban J connectivity index is 1.83. The molecule has 5 nitrogen and oxygen atoms in total. The van der Waals surface area contributed by atoms with E-state index in [0.29, 0.717) is 13.0 Å². The molecule has 0 bridgehead atoms. The third kappa shape index (κ3) is 4.16. The van der Waals surface area contributed by atoms with Gasteiger partial charge in [-0.15, -0.1) is 0 Å². The summed E-state index contributed by atoms with van der Waals surface area (Å²) >= 11 is 0. The SMILES string of the molecule is CS(=O)(=O)[C@H]1CCN(C(=O)NCCc2cc(F)ccc2F)C1. The highest BCUT2D eigenvalue weighted by molar-refractivity contribution is 7.91. The Kier molecular flexibility index (Phi) is 5.00. The van der Waals surface area contributed by atoms with Crippen molar-refractivity contribution < 1.29 is 22.0 Å². The van der Waals surface area contributed by atoms with Crippen LogP contribution in [0.1, 0.15) is 12.0 Å². The number of likely N-dealkylation sites (tertiary alicyclic amines) is 1. The zero-order valence-corrected chi connectivity index (χ0v) is 13.0. The molecule has 1 aromatic carbocycles. The van der Waals surface area contributed by atoms with Gasteiger partial charge in [0.2, 0.25) is 0 Å². The van der Waals surface area contributed by atoms with Crippen molar-refractivity contribution in [1.82, 2.24) is 10.2 Å². The number of rotatable bonds is 4. The Labute approximate surface area is 128 Å². The fourth-order valence-electron chi connectivity index (χ4n) is 2.41. The predicted molar refractivity (Wildman–Crippen MR) is 78.3 cm³/mol. The number of halogens is 2. The van der Waals surface area contributed by atoms with Crippen LogP contribution in [0.2, 0.25) is 0 Å². The third-order valence-electron chi connectivity index (χ3n) is 3.72. The van der Waals surface area contributed by atoms with Crippen molar-refractivity contribution in [2.75, 3.05) is 25.9 Å². The van der Waals surface area contributed by atoms with E-state index in [2.05, 4.69) is 5.32 Å². The van der Waals surface area contributed by atoms with Gasteiger partial charge in [-0.3, -0.25) is 0 Å². The van der Waals surface area contributed by atoms with Crippen molar-refractivity contribution in [3.8, 4) is 0 Å². The molecule has 1 saturated heterocycles. The fourth-order valence-corrected chi connectivity index (χ4v) is 3.40. The highest BCUT2D eigenvalue weighted by Crippen LogP contribution is 2.16. The summed E-state index contributed by atoms with van der Waals surface area (Å²) in [6.45, 7) is 0.691. The summed E-state index contributed by atoms with van der Waals surface area (Å²) in [6, 6.07) is 2.79. The van der Waals surface area contributed by atoms with E-state index < -0.39 is 26.7 Å². The summed E-state index contributed by atoms with van der Waals surface area (Å²) in [4.78, 5) is 13.3. The van der Waals surface area contributed by atoms with Gasteiger partial charge in [0.05, 0.1) is 5.25 Å². The van der Waals surface area contributed by atoms with Crippen LogP contribution in [0.5, 0.6) is 0 Å². The number of hydrogen-bond donors (Lipinski definition) is 1. The van der Waals surface area contributed by atoms with E-state index in [1.165, 1.54) is 4.90 Å². The third-order valence-corrected chi connectivity index (χ3v) is 5.31. The predicted octanol–water partition coefficient (Wildman–Crippen LogP) is 1.34. The number of urea groups is 1. The molecule has 8 heteroatoms. The maximum atomic E-state index is 13.4. The van der Waals surface area contributed by atoms with E-state index in [1.807, 2.05) is 0 Å². The topological polar surface area (TPSA) is 66.5 Å². The van der Waals surface area contributed by atoms with Crippen molar-refractivity contribution in [1.29, 1.82) is 0 Å². The molecular weight excluding hydrogens is 314 g/mol. The van der Waals surface area contributed by atoms with Gasteiger partial charge in [-0.05, 0) is 36.6 Å². The first kappa shape index (κ1) is 16.7. The summed E-state index contributed by atoms with van der Waals surface area (Å²) in [5.41, 5.74) is 0.190. The van der Waals surface area contributed by atoms with Crippen molar-refractivity contribution in [2.24, 2.45) is 0 Å². The molecule has 0 spiro atoms. The molecule has 1 aliphatic heterocycles. The summed E-state index contributed by atoms with van der Waals surface area (Å²) < 4.78 is 49.3. The standard InChI is InChI=1S/C14H18F2N2O3S/c1-22(20,21)12-5-7-18(9-12)14(19)17-6-4-10-8-11(15)2-3-13(10)16/h2-3,8,12H,4-7,9H2,1H3,(H,17,19)/t12-/m0/s1. The lowest BCUT2D eigenvalue weighted by Gasteiger charge is -2.17. The second-order valence-electron chi connectivity index (χ2n) is 5.40. The number of amides is 2. The maximum Gasteiger partial charge on any atom is 0.317 e. The Bertz CT molecular complexity index is 664.